The molecule has 1 aliphatic rings. The van der Waals surface area contributed by atoms with Gasteiger partial charge in [-0.05, 0) is 22.3 Å². The Labute approximate surface area is 110 Å². The van der Waals surface area contributed by atoms with Crippen LogP contribution in [-0.4, -0.2) is 20.6 Å². The van der Waals surface area contributed by atoms with Crippen molar-refractivity contribution < 1.29 is 0 Å². The molecule has 4 rings (SSSR count). The number of hydrogen-bond donors (Lipinski definition) is 1. The molecule has 0 saturated carbocycles. The van der Waals surface area contributed by atoms with E-state index in [0.717, 1.165) is 12.2 Å². The molecule has 0 bridgehead atoms. The van der Waals surface area contributed by atoms with Crippen molar-refractivity contribution in [3.8, 4) is 11.1 Å². The molecule has 0 atom stereocenters. The molecule has 1 heterocycles. The number of nitrogens with one attached hydrogen (secondary N) is 1. The van der Waals surface area contributed by atoms with Gasteiger partial charge in [0.25, 0.3) is 0 Å². The van der Waals surface area contributed by atoms with E-state index in [1.54, 1.807) is 0 Å². The quantitative estimate of drug-likeness (QED) is 0.758. The average molecular weight is 248 g/mol. The number of rotatable bonds is 2. The van der Waals surface area contributed by atoms with Gasteiger partial charge in [-0.3, -0.25) is 0 Å². The third-order valence-corrected chi connectivity index (χ3v) is 3.74. The zero-order chi connectivity index (χ0) is 12.7. The topological polar surface area (TPSA) is 54.5 Å². The Hall–Kier alpha value is -2.49. The molecular formula is C15H12N4. The summed E-state index contributed by atoms with van der Waals surface area (Å²) in [4.78, 5) is 0. The summed E-state index contributed by atoms with van der Waals surface area (Å²) < 4.78 is 0. The molecule has 0 aliphatic heterocycles. The van der Waals surface area contributed by atoms with Crippen molar-refractivity contribution in [1.29, 1.82) is 0 Å². The summed E-state index contributed by atoms with van der Waals surface area (Å²) in [7, 11) is 0. The van der Waals surface area contributed by atoms with Crippen LogP contribution >= 0.6 is 0 Å². The summed E-state index contributed by atoms with van der Waals surface area (Å²) in [6.45, 7) is 0. The number of tetrazole rings is 1. The predicted octanol–water partition coefficient (Wildman–Crippen LogP) is 2.55. The summed E-state index contributed by atoms with van der Waals surface area (Å²) in [6, 6.07) is 17.1. The van der Waals surface area contributed by atoms with E-state index in [-0.39, 0.29) is 0 Å². The number of benzene rings is 2. The first-order valence-electron chi connectivity index (χ1n) is 6.34. The van der Waals surface area contributed by atoms with Gasteiger partial charge < -0.3 is 0 Å². The van der Waals surface area contributed by atoms with Crippen molar-refractivity contribution in [2.45, 2.75) is 12.3 Å². The van der Waals surface area contributed by atoms with Crippen molar-refractivity contribution in [2.75, 3.05) is 0 Å². The first-order chi connectivity index (χ1) is 9.43. The first kappa shape index (κ1) is 10.4. The van der Waals surface area contributed by atoms with Crippen LogP contribution in [0.5, 0.6) is 0 Å². The molecule has 1 aromatic heterocycles. The maximum Gasteiger partial charge on any atom is 0.175 e. The van der Waals surface area contributed by atoms with Gasteiger partial charge in [0.1, 0.15) is 0 Å². The maximum atomic E-state index is 4.08. The van der Waals surface area contributed by atoms with E-state index in [9.17, 15) is 0 Å². The van der Waals surface area contributed by atoms with Crippen LogP contribution in [-0.2, 0) is 6.42 Å². The van der Waals surface area contributed by atoms with Crippen LogP contribution in [0, 0.1) is 0 Å². The summed E-state index contributed by atoms with van der Waals surface area (Å²) in [6.07, 6.45) is 0.782. The maximum absolute atomic E-state index is 4.08. The number of aromatic amines is 1. The molecule has 1 aliphatic carbocycles. The Balaban J connectivity index is 1.86. The molecule has 3 aromatic rings. The number of nitrogens with zero attached hydrogens (tertiary/aromatic N) is 3. The van der Waals surface area contributed by atoms with Gasteiger partial charge in [-0.1, -0.05) is 53.7 Å². The number of fused-ring (bicyclic) bond motifs is 3. The van der Waals surface area contributed by atoms with Crippen LogP contribution in [0.25, 0.3) is 11.1 Å². The van der Waals surface area contributed by atoms with Gasteiger partial charge >= 0.3 is 0 Å². The number of hydrogen-bond acceptors (Lipinski definition) is 3. The van der Waals surface area contributed by atoms with Gasteiger partial charge in [0.2, 0.25) is 0 Å². The fourth-order valence-corrected chi connectivity index (χ4v) is 2.93. The van der Waals surface area contributed by atoms with Crippen molar-refractivity contribution in [1.82, 2.24) is 20.6 Å². The smallest absolute Gasteiger partial charge is 0.175 e. The minimum absolute atomic E-state index is 0.324. The van der Waals surface area contributed by atoms with Crippen molar-refractivity contribution in [3.05, 3.63) is 65.5 Å². The molecule has 0 unspecified atom stereocenters. The number of H-pyrrole nitrogens is 1. The molecule has 4 heteroatoms. The Kier molecular flexibility index (Phi) is 2.21. The molecule has 0 radical (unpaired) electrons. The minimum atomic E-state index is 0.324. The standard InChI is InChI=1S/C15H12N4/c1-3-7-12-10(5-1)11-6-2-4-8-13(11)14(12)9-15-16-18-19-17-15/h1-8,14H,9H2,(H,16,17,18,19). The van der Waals surface area contributed by atoms with Gasteiger partial charge in [-0.15, -0.1) is 10.2 Å². The Morgan fingerprint density at radius 3 is 2.11 bits per heavy atom. The molecule has 0 fully saturated rings. The van der Waals surface area contributed by atoms with E-state index in [1.165, 1.54) is 22.3 Å². The molecule has 0 spiro atoms. The van der Waals surface area contributed by atoms with Gasteiger partial charge in [0, 0.05) is 12.3 Å². The molecule has 92 valence electrons. The summed E-state index contributed by atoms with van der Waals surface area (Å²) in [5.41, 5.74) is 5.36. The Bertz CT molecular complexity index is 673. The highest BCUT2D eigenvalue weighted by atomic mass is 15.5. The molecule has 19 heavy (non-hydrogen) atoms. The van der Waals surface area contributed by atoms with E-state index in [0.29, 0.717) is 5.92 Å². The van der Waals surface area contributed by atoms with E-state index in [1.807, 2.05) is 0 Å². The second-order valence-electron chi connectivity index (χ2n) is 4.76. The van der Waals surface area contributed by atoms with Crippen LogP contribution < -0.4 is 0 Å². The highest BCUT2D eigenvalue weighted by Crippen LogP contribution is 2.45. The second kappa shape index (κ2) is 4.02. The summed E-state index contributed by atoms with van der Waals surface area (Å²) >= 11 is 0. The highest BCUT2D eigenvalue weighted by molar-refractivity contribution is 5.78. The lowest BCUT2D eigenvalue weighted by molar-refractivity contribution is 0.772. The fraction of sp³-hybridized carbons (Fsp3) is 0.133. The molecule has 4 nitrogen and oxygen atoms in total. The number of aromatic nitrogens is 4. The first-order valence-corrected chi connectivity index (χ1v) is 6.34. The van der Waals surface area contributed by atoms with Gasteiger partial charge in [-0.25, -0.2) is 0 Å². The zero-order valence-corrected chi connectivity index (χ0v) is 10.2. The fourth-order valence-electron chi connectivity index (χ4n) is 2.93. The molecular weight excluding hydrogens is 236 g/mol. The zero-order valence-electron chi connectivity index (χ0n) is 10.2. The summed E-state index contributed by atoms with van der Waals surface area (Å²) in [5, 5.41) is 14.3. The molecule has 2 aromatic carbocycles. The lowest BCUT2D eigenvalue weighted by Gasteiger charge is -2.10. The van der Waals surface area contributed by atoms with Gasteiger partial charge in [0.15, 0.2) is 5.82 Å². The minimum Gasteiger partial charge on any atom is -0.177 e. The largest absolute Gasteiger partial charge is 0.177 e. The Morgan fingerprint density at radius 1 is 0.895 bits per heavy atom. The molecule has 0 saturated heterocycles. The van der Waals surface area contributed by atoms with E-state index in [2.05, 4.69) is 69.2 Å². The molecule has 1 N–H and O–H groups in total. The summed E-state index contributed by atoms with van der Waals surface area (Å²) in [5.74, 6) is 1.08. The van der Waals surface area contributed by atoms with Gasteiger partial charge in [0.05, 0.1) is 0 Å². The van der Waals surface area contributed by atoms with Crippen molar-refractivity contribution >= 4 is 0 Å². The van der Waals surface area contributed by atoms with Crippen LogP contribution in [0.15, 0.2) is 48.5 Å². The van der Waals surface area contributed by atoms with Crippen LogP contribution in [0.1, 0.15) is 22.9 Å². The van der Waals surface area contributed by atoms with Crippen LogP contribution in [0.4, 0.5) is 0 Å². The third kappa shape index (κ3) is 1.57. The third-order valence-electron chi connectivity index (χ3n) is 3.74. The second-order valence-corrected chi connectivity index (χ2v) is 4.76. The monoisotopic (exact) mass is 248 g/mol. The SMILES string of the molecule is c1ccc2c(c1)-c1ccccc1C2Cc1nn[nH]n1. The van der Waals surface area contributed by atoms with E-state index in [4.69, 9.17) is 0 Å². The van der Waals surface area contributed by atoms with Crippen LogP contribution in [0.2, 0.25) is 0 Å². The van der Waals surface area contributed by atoms with Crippen LogP contribution in [0.3, 0.4) is 0 Å². The lowest BCUT2D eigenvalue weighted by atomic mass is 9.93. The van der Waals surface area contributed by atoms with E-state index >= 15 is 0 Å². The normalized spacial score (nSPS) is 13.3. The Morgan fingerprint density at radius 2 is 1.53 bits per heavy atom. The molecule has 0 amide bonds. The lowest BCUT2D eigenvalue weighted by Crippen LogP contribution is -2.03. The van der Waals surface area contributed by atoms with E-state index < -0.39 is 0 Å². The highest BCUT2D eigenvalue weighted by Gasteiger charge is 2.28. The van der Waals surface area contributed by atoms with Crippen molar-refractivity contribution in [3.63, 3.8) is 0 Å². The average Bonchev–Trinajstić information content (AvgIpc) is 3.08. The van der Waals surface area contributed by atoms with Crippen molar-refractivity contribution in [2.24, 2.45) is 0 Å². The predicted molar refractivity (Wildman–Crippen MR) is 71.6 cm³/mol. The van der Waals surface area contributed by atoms with Gasteiger partial charge in [-0.2, -0.15) is 5.21 Å².